The highest BCUT2D eigenvalue weighted by molar-refractivity contribution is 6.33. The molecule has 1 heterocycles. The number of anilines is 1. The number of carbonyl (C=O) groups is 1. The summed E-state index contributed by atoms with van der Waals surface area (Å²) in [5.41, 5.74) is 1.85. The molecule has 2 rings (SSSR count). The van der Waals surface area contributed by atoms with Crippen LogP contribution in [0.2, 0.25) is 5.02 Å². The fourth-order valence-corrected chi connectivity index (χ4v) is 2.64. The molecule has 0 fully saturated rings. The third kappa shape index (κ3) is 2.25. The van der Waals surface area contributed by atoms with Crippen molar-refractivity contribution < 1.29 is 14.6 Å². The summed E-state index contributed by atoms with van der Waals surface area (Å²) in [7, 11) is 3.51. The molecule has 98 valence electrons. The molecule has 0 saturated heterocycles. The highest BCUT2D eigenvalue weighted by Crippen LogP contribution is 2.38. The van der Waals surface area contributed by atoms with Crippen molar-refractivity contribution in [2.24, 2.45) is 5.92 Å². The van der Waals surface area contributed by atoms with Crippen molar-refractivity contribution in [2.75, 3.05) is 25.6 Å². The third-order valence-corrected chi connectivity index (χ3v) is 3.84. The second kappa shape index (κ2) is 5.06. The van der Waals surface area contributed by atoms with Crippen LogP contribution in [0.3, 0.4) is 0 Å². The zero-order valence-corrected chi connectivity index (χ0v) is 11.2. The van der Waals surface area contributed by atoms with E-state index in [4.69, 9.17) is 16.3 Å². The Labute approximate surface area is 111 Å². The van der Waals surface area contributed by atoms with E-state index in [-0.39, 0.29) is 0 Å². The van der Waals surface area contributed by atoms with Gasteiger partial charge in [0.25, 0.3) is 0 Å². The monoisotopic (exact) mass is 269 g/mol. The zero-order chi connectivity index (χ0) is 13.3. The van der Waals surface area contributed by atoms with Crippen molar-refractivity contribution in [3.8, 4) is 5.75 Å². The maximum Gasteiger partial charge on any atom is 0.306 e. The van der Waals surface area contributed by atoms with E-state index in [0.29, 0.717) is 30.2 Å². The molecule has 1 atom stereocenters. The van der Waals surface area contributed by atoms with Crippen LogP contribution in [0.15, 0.2) is 12.1 Å². The quantitative estimate of drug-likeness (QED) is 0.896. The van der Waals surface area contributed by atoms with Gasteiger partial charge in [0.1, 0.15) is 5.75 Å². The average Bonchev–Trinajstić information content (AvgIpc) is 2.51. The number of ether oxygens (including phenoxy) is 1. The van der Waals surface area contributed by atoms with Gasteiger partial charge in [0.15, 0.2) is 0 Å². The standard InChI is InChI=1S/C13H16ClNO3/c1-15-6-5-8(13(16)17)7-9-10(15)3-4-11(18-2)12(9)14/h3-4,8H,5-7H2,1-2H3,(H,16,17). The Kier molecular flexibility index (Phi) is 3.66. The number of carboxylic acid groups (broad SMARTS) is 1. The first-order chi connectivity index (χ1) is 8.54. The number of methoxy groups -OCH3 is 1. The summed E-state index contributed by atoms with van der Waals surface area (Å²) >= 11 is 6.29. The van der Waals surface area contributed by atoms with Crippen molar-refractivity contribution in [2.45, 2.75) is 12.8 Å². The summed E-state index contributed by atoms with van der Waals surface area (Å²) < 4.78 is 5.18. The van der Waals surface area contributed by atoms with Crippen LogP contribution in [0.25, 0.3) is 0 Å². The van der Waals surface area contributed by atoms with Gasteiger partial charge in [0, 0.05) is 19.3 Å². The van der Waals surface area contributed by atoms with E-state index >= 15 is 0 Å². The van der Waals surface area contributed by atoms with E-state index in [2.05, 4.69) is 0 Å². The number of hydrogen-bond donors (Lipinski definition) is 1. The molecule has 0 saturated carbocycles. The molecule has 1 aliphatic heterocycles. The van der Waals surface area contributed by atoms with Crippen LogP contribution >= 0.6 is 11.6 Å². The van der Waals surface area contributed by atoms with Crippen LogP contribution < -0.4 is 9.64 Å². The first-order valence-electron chi connectivity index (χ1n) is 5.84. The topological polar surface area (TPSA) is 49.8 Å². The Morgan fingerprint density at radius 2 is 2.28 bits per heavy atom. The number of carboxylic acids is 1. The van der Waals surface area contributed by atoms with Crippen LogP contribution in [-0.2, 0) is 11.2 Å². The smallest absolute Gasteiger partial charge is 0.306 e. The van der Waals surface area contributed by atoms with Gasteiger partial charge in [0.05, 0.1) is 18.1 Å². The minimum absolute atomic E-state index is 0.390. The number of nitrogens with zero attached hydrogens (tertiary/aromatic N) is 1. The van der Waals surface area contributed by atoms with Crippen LogP contribution in [-0.4, -0.2) is 31.8 Å². The van der Waals surface area contributed by atoms with E-state index < -0.39 is 11.9 Å². The van der Waals surface area contributed by atoms with Gasteiger partial charge in [-0.2, -0.15) is 0 Å². The van der Waals surface area contributed by atoms with Crippen molar-refractivity contribution >= 4 is 23.3 Å². The van der Waals surface area contributed by atoms with E-state index in [0.717, 1.165) is 11.3 Å². The predicted octanol–water partition coefficient (Wildman–Crippen LogP) is 2.43. The molecule has 1 aromatic carbocycles. The zero-order valence-electron chi connectivity index (χ0n) is 10.4. The number of fused-ring (bicyclic) bond motifs is 1. The van der Waals surface area contributed by atoms with Crippen LogP contribution in [0.4, 0.5) is 5.69 Å². The summed E-state index contributed by atoms with van der Waals surface area (Å²) in [6.07, 6.45) is 1.07. The van der Waals surface area contributed by atoms with E-state index in [1.165, 1.54) is 0 Å². The lowest BCUT2D eigenvalue weighted by Crippen LogP contribution is -2.21. The molecule has 1 N–H and O–H groups in total. The number of hydrogen-bond acceptors (Lipinski definition) is 3. The largest absolute Gasteiger partial charge is 0.495 e. The maximum atomic E-state index is 11.2. The normalized spacial score (nSPS) is 19.1. The van der Waals surface area contributed by atoms with Gasteiger partial charge in [-0.1, -0.05) is 11.6 Å². The Bertz CT molecular complexity index is 476. The molecule has 0 aliphatic carbocycles. The summed E-state index contributed by atoms with van der Waals surface area (Å²) in [6, 6.07) is 3.75. The molecule has 0 spiro atoms. The van der Waals surface area contributed by atoms with Crippen molar-refractivity contribution in [3.05, 3.63) is 22.7 Å². The second-order valence-corrected chi connectivity index (χ2v) is 4.91. The summed E-state index contributed by atoms with van der Waals surface area (Å²) in [4.78, 5) is 13.2. The summed E-state index contributed by atoms with van der Waals surface area (Å²) in [5, 5.41) is 9.72. The van der Waals surface area contributed by atoms with Gasteiger partial charge in [0.2, 0.25) is 0 Å². The predicted molar refractivity (Wildman–Crippen MR) is 70.7 cm³/mol. The first kappa shape index (κ1) is 13.0. The third-order valence-electron chi connectivity index (χ3n) is 3.43. The van der Waals surface area contributed by atoms with Crippen LogP contribution in [0.5, 0.6) is 5.75 Å². The molecule has 4 nitrogen and oxygen atoms in total. The molecule has 0 amide bonds. The molecule has 18 heavy (non-hydrogen) atoms. The Morgan fingerprint density at radius 1 is 1.56 bits per heavy atom. The Morgan fingerprint density at radius 3 is 2.89 bits per heavy atom. The molecule has 5 heteroatoms. The lowest BCUT2D eigenvalue weighted by molar-refractivity contribution is -0.141. The van der Waals surface area contributed by atoms with Gasteiger partial charge in [-0.25, -0.2) is 0 Å². The number of rotatable bonds is 2. The van der Waals surface area contributed by atoms with E-state index in [9.17, 15) is 9.90 Å². The van der Waals surface area contributed by atoms with Crippen LogP contribution in [0.1, 0.15) is 12.0 Å². The van der Waals surface area contributed by atoms with Gasteiger partial charge >= 0.3 is 5.97 Å². The van der Waals surface area contributed by atoms with Gasteiger partial charge < -0.3 is 14.7 Å². The van der Waals surface area contributed by atoms with E-state index in [1.54, 1.807) is 7.11 Å². The second-order valence-electron chi connectivity index (χ2n) is 4.53. The highest BCUT2D eigenvalue weighted by Gasteiger charge is 2.27. The van der Waals surface area contributed by atoms with Crippen molar-refractivity contribution in [3.63, 3.8) is 0 Å². The first-order valence-corrected chi connectivity index (χ1v) is 6.21. The lowest BCUT2D eigenvalue weighted by Gasteiger charge is -2.20. The van der Waals surface area contributed by atoms with Gasteiger partial charge in [-0.05, 0) is 30.5 Å². The van der Waals surface area contributed by atoms with Crippen LogP contribution in [0, 0.1) is 5.92 Å². The molecular weight excluding hydrogens is 254 g/mol. The molecule has 1 aromatic rings. The fourth-order valence-electron chi connectivity index (χ4n) is 2.33. The minimum Gasteiger partial charge on any atom is -0.495 e. The number of aliphatic carboxylic acids is 1. The lowest BCUT2D eigenvalue weighted by atomic mass is 9.97. The molecule has 0 bridgehead atoms. The molecular formula is C13H16ClNO3. The minimum atomic E-state index is -0.768. The number of halogens is 1. The van der Waals surface area contributed by atoms with E-state index in [1.807, 2.05) is 24.1 Å². The average molecular weight is 270 g/mol. The molecule has 0 aromatic heterocycles. The molecule has 0 radical (unpaired) electrons. The highest BCUT2D eigenvalue weighted by atomic mass is 35.5. The molecule has 1 aliphatic rings. The Balaban J connectivity index is 2.48. The van der Waals surface area contributed by atoms with Crippen molar-refractivity contribution in [1.82, 2.24) is 0 Å². The summed E-state index contributed by atoms with van der Waals surface area (Å²) in [5.74, 6) is -0.566. The maximum absolute atomic E-state index is 11.2. The number of benzene rings is 1. The van der Waals surface area contributed by atoms with Gasteiger partial charge in [-0.15, -0.1) is 0 Å². The summed E-state index contributed by atoms with van der Waals surface area (Å²) in [6.45, 7) is 0.715. The van der Waals surface area contributed by atoms with Crippen molar-refractivity contribution in [1.29, 1.82) is 0 Å². The van der Waals surface area contributed by atoms with Gasteiger partial charge in [-0.3, -0.25) is 4.79 Å². The fraction of sp³-hybridized carbons (Fsp3) is 0.462. The molecule has 1 unspecified atom stereocenters. The SMILES string of the molecule is COc1ccc2c(c1Cl)CC(C(=O)O)CCN2C. The Hall–Kier alpha value is -1.42.